The topological polar surface area (TPSA) is 33.1 Å². The smallest absolute Gasteiger partial charge is 0.0439 e. The summed E-state index contributed by atoms with van der Waals surface area (Å²) in [5.74, 6) is 1.06. The van der Waals surface area contributed by atoms with Crippen LogP contribution in [0.1, 0.15) is 50.0 Å². The zero-order valence-corrected chi connectivity index (χ0v) is 11.0. The SMILES string of the molecule is OCCC(C=CC1CCCCC1)c1cccnc1. The Labute approximate surface area is 110 Å². The number of aromatic nitrogens is 1. The van der Waals surface area contributed by atoms with Crippen molar-refractivity contribution in [1.29, 1.82) is 0 Å². The van der Waals surface area contributed by atoms with E-state index < -0.39 is 0 Å². The Morgan fingerprint density at radius 1 is 1.33 bits per heavy atom. The van der Waals surface area contributed by atoms with E-state index >= 15 is 0 Å². The van der Waals surface area contributed by atoms with Crippen molar-refractivity contribution in [3.63, 3.8) is 0 Å². The molecule has 0 saturated heterocycles. The molecule has 2 nitrogen and oxygen atoms in total. The van der Waals surface area contributed by atoms with Gasteiger partial charge in [0.2, 0.25) is 0 Å². The lowest BCUT2D eigenvalue weighted by molar-refractivity contribution is 0.282. The van der Waals surface area contributed by atoms with Gasteiger partial charge in [0.05, 0.1) is 0 Å². The molecule has 2 rings (SSSR count). The van der Waals surface area contributed by atoms with Crippen molar-refractivity contribution in [2.24, 2.45) is 5.92 Å². The average molecular weight is 245 g/mol. The van der Waals surface area contributed by atoms with E-state index in [2.05, 4.69) is 23.2 Å². The fourth-order valence-corrected chi connectivity index (χ4v) is 2.73. The van der Waals surface area contributed by atoms with Crippen LogP contribution in [0.2, 0.25) is 0 Å². The summed E-state index contributed by atoms with van der Waals surface area (Å²) in [6.45, 7) is 0.231. The van der Waals surface area contributed by atoms with Crippen LogP contribution in [0.5, 0.6) is 0 Å². The molecule has 0 amide bonds. The number of nitrogens with zero attached hydrogens (tertiary/aromatic N) is 1. The largest absolute Gasteiger partial charge is 0.396 e. The predicted molar refractivity (Wildman–Crippen MR) is 74.4 cm³/mol. The summed E-state index contributed by atoms with van der Waals surface area (Å²) in [5.41, 5.74) is 1.21. The summed E-state index contributed by atoms with van der Waals surface area (Å²) in [4.78, 5) is 4.17. The van der Waals surface area contributed by atoms with Gasteiger partial charge < -0.3 is 5.11 Å². The molecule has 1 fully saturated rings. The van der Waals surface area contributed by atoms with Gasteiger partial charge in [-0.25, -0.2) is 0 Å². The first-order chi connectivity index (χ1) is 8.90. The third-order valence-corrected chi connectivity index (χ3v) is 3.82. The molecular weight excluding hydrogens is 222 g/mol. The summed E-state index contributed by atoms with van der Waals surface area (Å²) >= 11 is 0. The van der Waals surface area contributed by atoms with Gasteiger partial charge in [0.1, 0.15) is 0 Å². The highest BCUT2D eigenvalue weighted by Gasteiger charge is 2.12. The Morgan fingerprint density at radius 2 is 2.17 bits per heavy atom. The highest BCUT2D eigenvalue weighted by molar-refractivity contribution is 5.20. The second-order valence-corrected chi connectivity index (χ2v) is 5.19. The summed E-state index contributed by atoms with van der Waals surface area (Å²) < 4.78 is 0. The highest BCUT2D eigenvalue weighted by Crippen LogP contribution is 2.27. The maximum absolute atomic E-state index is 9.18. The molecule has 1 saturated carbocycles. The number of aliphatic hydroxyl groups is 1. The first kappa shape index (κ1) is 13.3. The second kappa shape index (κ2) is 7.32. The van der Waals surface area contributed by atoms with E-state index in [4.69, 9.17) is 0 Å². The second-order valence-electron chi connectivity index (χ2n) is 5.19. The van der Waals surface area contributed by atoms with Crippen molar-refractivity contribution in [3.05, 3.63) is 42.2 Å². The summed E-state index contributed by atoms with van der Waals surface area (Å²) in [6.07, 6.45) is 15.9. The summed E-state index contributed by atoms with van der Waals surface area (Å²) in [5, 5.41) is 9.18. The van der Waals surface area contributed by atoms with Gasteiger partial charge in [0, 0.05) is 24.9 Å². The van der Waals surface area contributed by atoms with Gasteiger partial charge in [0.15, 0.2) is 0 Å². The molecule has 1 heterocycles. The maximum atomic E-state index is 9.18. The summed E-state index contributed by atoms with van der Waals surface area (Å²) in [7, 11) is 0. The van der Waals surface area contributed by atoms with Gasteiger partial charge in [-0.3, -0.25) is 4.98 Å². The van der Waals surface area contributed by atoms with Gasteiger partial charge in [0.25, 0.3) is 0 Å². The summed E-state index contributed by atoms with van der Waals surface area (Å²) in [6, 6.07) is 4.06. The van der Waals surface area contributed by atoms with E-state index in [0.717, 1.165) is 12.3 Å². The molecule has 0 spiro atoms. The van der Waals surface area contributed by atoms with E-state index in [-0.39, 0.29) is 6.61 Å². The first-order valence-corrected chi connectivity index (χ1v) is 7.09. The Hall–Kier alpha value is -1.15. The minimum atomic E-state index is 0.231. The quantitative estimate of drug-likeness (QED) is 0.803. The molecule has 18 heavy (non-hydrogen) atoms. The lowest BCUT2D eigenvalue weighted by atomic mass is 9.87. The monoisotopic (exact) mass is 245 g/mol. The van der Waals surface area contributed by atoms with E-state index in [1.165, 1.54) is 37.7 Å². The van der Waals surface area contributed by atoms with Gasteiger partial charge in [-0.15, -0.1) is 0 Å². The number of hydrogen-bond donors (Lipinski definition) is 1. The van der Waals surface area contributed by atoms with Crippen molar-refractivity contribution < 1.29 is 5.11 Å². The third kappa shape index (κ3) is 3.95. The maximum Gasteiger partial charge on any atom is 0.0439 e. The van der Waals surface area contributed by atoms with Crippen LogP contribution in [0, 0.1) is 5.92 Å². The third-order valence-electron chi connectivity index (χ3n) is 3.82. The van der Waals surface area contributed by atoms with E-state index in [0.29, 0.717) is 5.92 Å². The standard InChI is InChI=1S/C16H23NO/c18-12-10-15(16-7-4-11-17-13-16)9-8-14-5-2-1-3-6-14/h4,7-9,11,13-15,18H,1-3,5-6,10,12H2. The fraction of sp³-hybridized carbons (Fsp3) is 0.562. The van der Waals surface area contributed by atoms with Gasteiger partial charge in [-0.1, -0.05) is 37.5 Å². The van der Waals surface area contributed by atoms with Crippen molar-refractivity contribution >= 4 is 0 Å². The Balaban J connectivity index is 1.99. The number of allylic oxidation sites excluding steroid dienone is 2. The highest BCUT2D eigenvalue weighted by atomic mass is 16.3. The molecule has 1 aromatic rings. The molecule has 1 atom stereocenters. The molecule has 98 valence electrons. The van der Waals surface area contributed by atoms with Crippen LogP contribution in [0.3, 0.4) is 0 Å². The van der Waals surface area contributed by atoms with Gasteiger partial charge in [-0.05, 0) is 36.8 Å². The van der Waals surface area contributed by atoms with Crippen LogP contribution in [0.4, 0.5) is 0 Å². The molecule has 1 unspecified atom stereocenters. The molecule has 0 radical (unpaired) electrons. The van der Waals surface area contributed by atoms with Crippen LogP contribution in [0.15, 0.2) is 36.7 Å². The molecule has 2 heteroatoms. The van der Waals surface area contributed by atoms with Crippen LogP contribution in [0.25, 0.3) is 0 Å². The van der Waals surface area contributed by atoms with Crippen molar-refractivity contribution in [2.45, 2.75) is 44.4 Å². The Bertz CT molecular complexity index is 355. The number of hydrogen-bond acceptors (Lipinski definition) is 2. The molecule has 1 N–H and O–H groups in total. The zero-order valence-electron chi connectivity index (χ0n) is 11.0. The van der Waals surface area contributed by atoms with Crippen LogP contribution < -0.4 is 0 Å². The van der Waals surface area contributed by atoms with Crippen molar-refractivity contribution in [1.82, 2.24) is 4.98 Å². The Kier molecular flexibility index (Phi) is 5.40. The lowest BCUT2D eigenvalue weighted by Crippen LogP contribution is -2.04. The molecule has 0 bridgehead atoms. The molecule has 1 aliphatic rings. The number of pyridine rings is 1. The lowest BCUT2D eigenvalue weighted by Gasteiger charge is -2.19. The minimum Gasteiger partial charge on any atom is -0.396 e. The van der Waals surface area contributed by atoms with Crippen molar-refractivity contribution in [2.75, 3.05) is 6.61 Å². The average Bonchev–Trinajstić information content (AvgIpc) is 2.45. The van der Waals surface area contributed by atoms with E-state index in [9.17, 15) is 5.11 Å². The van der Waals surface area contributed by atoms with Crippen molar-refractivity contribution in [3.8, 4) is 0 Å². The fourth-order valence-electron chi connectivity index (χ4n) is 2.73. The van der Waals surface area contributed by atoms with Crippen LogP contribution in [-0.4, -0.2) is 16.7 Å². The van der Waals surface area contributed by atoms with E-state index in [1.54, 1.807) is 6.20 Å². The molecule has 1 aromatic heterocycles. The van der Waals surface area contributed by atoms with E-state index in [1.807, 2.05) is 12.3 Å². The Morgan fingerprint density at radius 3 is 2.83 bits per heavy atom. The van der Waals surface area contributed by atoms with Crippen LogP contribution in [-0.2, 0) is 0 Å². The normalized spacial score (nSPS) is 19.2. The van der Waals surface area contributed by atoms with Gasteiger partial charge in [-0.2, -0.15) is 0 Å². The number of aliphatic hydroxyl groups excluding tert-OH is 1. The van der Waals surface area contributed by atoms with Crippen LogP contribution >= 0.6 is 0 Å². The minimum absolute atomic E-state index is 0.231. The molecule has 0 aromatic carbocycles. The molecule has 1 aliphatic carbocycles. The van der Waals surface area contributed by atoms with Gasteiger partial charge >= 0.3 is 0 Å². The number of rotatable bonds is 5. The predicted octanol–water partition coefficient (Wildman–Crippen LogP) is 3.68. The molecule has 0 aliphatic heterocycles. The molecular formula is C16H23NO. The first-order valence-electron chi connectivity index (χ1n) is 7.09. The zero-order chi connectivity index (χ0) is 12.6.